The van der Waals surface area contributed by atoms with Crippen molar-refractivity contribution in [2.75, 3.05) is 0 Å². The molecule has 2 rings (SSSR count). The molecule has 2 aromatic carbocycles. The third-order valence-corrected chi connectivity index (χ3v) is 5.53. The fourth-order valence-corrected chi connectivity index (χ4v) is 4.74. The first-order valence-electron chi connectivity index (χ1n) is 7.09. The minimum atomic E-state index is -3.34. The molecule has 8 heteroatoms. The molecule has 128 valence electrons. The number of carbonyl (C=O) groups is 1. The minimum Gasteiger partial charge on any atom is -0.460 e. The Kier molecular flexibility index (Phi) is 6.77. The number of hydrogen-bond donors (Lipinski definition) is 1. The molecule has 0 aliphatic heterocycles. The third kappa shape index (κ3) is 6.22. The number of ether oxygens (including phenoxy) is 1. The molecule has 1 N–H and O–H groups in total. The Bertz CT molecular complexity index is 727. The number of benzene rings is 2. The molecule has 0 saturated heterocycles. The zero-order chi connectivity index (χ0) is 17.6. The molecule has 5 nitrogen and oxygen atoms in total. The van der Waals surface area contributed by atoms with Gasteiger partial charge in [0.1, 0.15) is 24.2 Å². The molecule has 0 saturated carbocycles. The lowest BCUT2D eigenvalue weighted by molar-refractivity contribution is -0.146. The molecule has 2 atom stereocenters. The molecule has 0 radical (unpaired) electrons. The van der Waals surface area contributed by atoms with Crippen molar-refractivity contribution in [3.63, 3.8) is 0 Å². The van der Waals surface area contributed by atoms with E-state index in [2.05, 4.69) is 5.09 Å². The molecule has 24 heavy (non-hydrogen) atoms. The smallest absolute Gasteiger partial charge is 0.374 e. The SMILES string of the molecule is C[C@H](NP(=O)(I)Oc1ccc(F)cc1)C(=O)OCc1ccccc1. The highest BCUT2D eigenvalue weighted by atomic mass is 127. The fraction of sp³-hybridized carbons (Fsp3) is 0.188. The molecular formula is C16H16FINO4P. The second-order valence-corrected chi connectivity index (χ2v) is 10.2. The summed E-state index contributed by atoms with van der Waals surface area (Å²) in [7, 11) is 0. The van der Waals surface area contributed by atoms with Gasteiger partial charge in [-0.1, -0.05) is 30.3 Å². The maximum Gasteiger partial charge on any atom is 0.374 e. The lowest BCUT2D eigenvalue weighted by Crippen LogP contribution is -2.33. The normalized spacial score (nSPS) is 14.5. The van der Waals surface area contributed by atoms with Gasteiger partial charge in [-0.15, -0.1) is 0 Å². The number of esters is 1. The van der Waals surface area contributed by atoms with Crippen molar-refractivity contribution in [2.24, 2.45) is 0 Å². The fourth-order valence-electron chi connectivity index (χ4n) is 1.80. The molecule has 2 aromatic rings. The first kappa shape index (κ1) is 18.9. The van der Waals surface area contributed by atoms with Gasteiger partial charge in [0, 0.05) is 0 Å². The zero-order valence-electron chi connectivity index (χ0n) is 12.8. The van der Waals surface area contributed by atoms with E-state index in [1.165, 1.54) is 31.2 Å². The second kappa shape index (κ2) is 8.60. The highest BCUT2D eigenvalue weighted by molar-refractivity contribution is 14.2. The summed E-state index contributed by atoms with van der Waals surface area (Å²) < 4.78 is 35.7. The van der Waals surface area contributed by atoms with E-state index in [4.69, 9.17) is 9.26 Å². The molecule has 0 spiro atoms. The summed E-state index contributed by atoms with van der Waals surface area (Å²) in [6.45, 7) is 1.67. The van der Waals surface area contributed by atoms with Crippen molar-refractivity contribution in [1.29, 1.82) is 0 Å². The Morgan fingerprint density at radius 1 is 1.21 bits per heavy atom. The zero-order valence-corrected chi connectivity index (χ0v) is 15.9. The number of nitrogens with one attached hydrogen (secondary N) is 1. The summed E-state index contributed by atoms with van der Waals surface area (Å²) >= 11 is 1.60. The van der Waals surface area contributed by atoms with Crippen LogP contribution in [0.1, 0.15) is 12.5 Å². The number of rotatable bonds is 7. The van der Waals surface area contributed by atoms with Crippen molar-refractivity contribution in [1.82, 2.24) is 5.09 Å². The standard InChI is InChI=1S/C16H16FINO4P/c1-12(16(20)22-11-13-5-3-2-4-6-13)19-24(18,21)23-15-9-7-14(17)8-10-15/h2-10,12H,11H2,1H3,(H,19,21)/t12-,24?/m0/s1. The van der Waals surface area contributed by atoms with Gasteiger partial charge in [-0.3, -0.25) is 4.79 Å². The van der Waals surface area contributed by atoms with Crippen molar-refractivity contribution >= 4 is 33.2 Å². The van der Waals surface area contributed by atoms with E-state index >= 15 is 0 Å². The van der Waals surface area contributed by atoms with Crippen LogP contribution in [0.5, 0.6) is 5.75 Å². The first-order chi connectivity index (χ1) is 11.4. The average molecular weight is 463 g/mol. The molecule has 0 aliphatic carbocycles. The molecular weight excluding hydrogens is 447 g/mol. The van der Waals surface area contributed by atoms with Crippen molar-refractivity contribution in [3.8, 4) is 5.75 Å². The summed E-state index contributed by atoms with van der Waals surface area (Å²) in [6, 6.07) is 13.5. The summed E-state index contributed by atoms with van der Waals surface area (Å²) in [5.74, 6) is -0.721. The van der Waals surface area contributed by atoms with Gasteiger partial charge >= 0.3 is 11.1 Å². The van der Waals surface area contributed by atoms with Gasteiger partial charge < -0.3 is 9.26 Å². The van der Waals surface area contributed by atoms with E-state index in [0.29, 0.717) is 0 Å². The highest BCUT2D eigenvalue weighted by Crippen LogP contribution is 2.51. The summed E-state index contributed by atoms with van der Waals surface area (Å²) in [6.07, 6.45) is 0. The quantitative estimate of drug-likeness (QED) is 0.373. The van der Waals surface area contributed by atoms with Crippen molar-refractivity contribution in [2.45, 2.75) is 19.6 Å². The van der Waals surface area contributed by atoms with E-state index in [-0.39, 0.29) is 12.4 Å². The van der Waals surface area contributed by atoms with Crippen molar-refractivity contribution in [3.05, 3.63) is 66.0 Å². The Labute approximate surface area is 152 Å². The first-order valence-corrected chi connectivity index (χ1v) is 11.5. The molecule has 0 aliphatic rings. The van der Waals surface area contributed by atoms with Crippen LogP contribution in [-0.2, 0) is 20.7 Å². The molecule has 0 bridgehead atoms. The van der Waals surface area contributed by atoms with Crippen LogP contribution in [-0.4, -0.2) is 12.0 Å². The van der Waals surface area contributed by atoms with Crippen LogP contribution in [0.15, 0.2) is 54.6 Å². The Hall–Kier alpha value is -1.44. The van der Waals surface area contributed by atoms with Crippen LogP contribution in [0.2, 0.25) is 0 Å². The van der Waals surface area contributed by atoms with Gasteiger partial charge in [-0.2, -0.15) is 0 Å². The van der Waals surface area contributed by atoms with Crippen LogP contribution in [0.25, 0.3) is 0 Å². The minimum absolute atomic E-state index is 0.135. The van der Waals surface area contributed by atoms with Crippen LogP contribution in [0.3, 0.4) is 0 Å². The van der Waals surface area contributed by atoms with Crippen LogP contribution in [0, 0.1) is 5.82 Å². The second-order valence-electron chi connectivity index (χ2n) is 4.97. The van der Waals surface area contributed by atoms with Gasteiger partial charge in [-0.05, 0) is 36.8 Å². The van der Waals surface area contributed by atoms with E-state index < -0.39 is 23.0 Å². The molecule has 0 fully saturated rings. The Morgan fingerprint density at radius 3 is 2.46 bits per heavy atom. The lowest BCUT2D eigenvalue weighted by atomic mass is 10.2. The summed E-state index contributed by atoms with van der Waals surface area (Å²) in [4.78, 5) is 12.0. The third-order valence-electron chi connectivity index (χ3n) is 2.96. The van der Waals surface area contributed by atoms with Gasteiger partial charge in [0.2, 0.25) is 0 Å². The van der Waals surface area contributed by atoms with Crippen LogP contribution < -0.4 is 9.61 Å². The van der Waals surface area contributed by atoms with E-state index in [9.17, 15) is 13.8 Å². The number of halogens is 2. The molecule has 0 amide bonds. The lowest BCUT2D eigenvalue weighted by Gasteiger charge is -2.18. The molecule has 1 unspecified atom stereocenters. The van der Waals surface area contributed by atoms with Gasteiger partial charge in [0.05, 0.1) is 22.0 Å². The van der Waals surface area contributed by atoms with Crippen molar-refractivity contribution < 1.29 is 23.0 Å². The van der Waals surface area contributed by atoms with E-state index in [1.807, 2.05) is 30.3 Å². The Balaban J connectivity index is 1.87. The predicted molar refractivity (Wildman–Crippen MR) is 97.5 cm³/mol. The predicted octanol–water partition coefficient (Wildman–Crippen LogP) is 4.47. The monoisotopic (exact) mass is 463 g/mol. The van der Waals surface area contributed by atoms with E-state index in [1.54, 1.807) is 22.0 Å². The number of hydrogen-bond acceptors (Lipinski definition) is 4. The number of carbonyl (C=O) groups excluding carboxylic acids is 1. The topological polar surface area (TPSA) is 64.6 Å². The maximum atomic E-state index is 12.9. The maximum absolute atomic E-state index is 12.9. The van der Waals surface area contributed by atoms with Gasteiger partial charge in [0.25, 0.3) is 0 Å². The molecule has 0 aromatic heterocycles. The largest absolute Gasteiger partial charge is 0.460 e. The molecule has 0 heterocycles. The van der Waals surface area contributed by atoms with Crippen LogP contribution >= 0.6 is 27.2 Å². The average Bonchev–Trinajstić information content (AvgIpc) is 2.55. The Morgan fingerprint density at radius 2 is 1.83 bits per heavy atom. The van der Waals surface area contributed by atoms with Gasteiger partial charge in [0.15, 0.2) is 0 Å². The summed E-state index contributed by atoms with van der Waals surface area (Å²) in [5.41, 5.74) is 0.860. The highest BCUT2D eigenvalue weighted by Gasteiger charge is 2.27. The summed E-state index contributed by atoms with van der Waals surface area (Å²) in [5, 5.41) is -0.731. The van der Waals surface area contributed by atoms with E-state index in [0.717, 1.165) is 5.56 Å². The van der Waals surface area contributed by atoms with Crippen LogP contribution in [0.4, 0.5) is 4.39 Å². The van der Waals surface area contributed by atoms with Gasteiger partial charge in [-0.25, -0.2) is 14.0 Å².